The summed E-state index contributed by atoms with van der Waals surface area (Å²) >= 11 is 0. The van der Waals surface area contributed by atoms with Gasteiger partial charge in [-0.3, -0.25) is 19.4 Å². The second-order valence-electron chi connectivity index (χ2n) is 7.73. The summed E-state index contributed by atoms with van der Waals surface area (Å²) in [6, 6.07) is 11.0. The van der Waals surface area contributed by atoms with Gasteiger partial charge in [0.15, 0.2) is 6.61 Å². The molecule has 1 saturated heterocycles. The minimum Gasteiger partial charge on any atom is -0.497 e. The maximum atomic E-state index is 12.9. The lowest BCUT2D eigenvalue weighted by molar-refractivity contribution is -0.130. The van der Waals surface area contributed by atoms with Gasteiger partial charge in [0, 0.05) is 45.0 Å². The van der Waals surface area contributed by atoms with Crippen molar-refractivity contribution in [2.45, 2.75) is 12.8 Å². The van der Waals surface area contributed by atoms with E-state index >= 15 is 0 Å². The highest BCUT2D eigenvalue weighted by Crippen LogP contribution is 2.28. The van der Waals surface area contributed by atoms with E-state index in [-0.39, 0.29) is 18.4 Å². The van der Waals surface area contributed by atoms with Crippen LogP contribution in [0.25, 0.3) is 0 Å². The minimum absolute atomic E-state index is 0.138. The Bertz CT molecular complexity index is 913. The third-order valence-corrected chi connectivity index (χ3v) is 5.77. The van der Waals surface area contributed by atoms with Gasteiger partial charge in [-0.05, 0) is 43.7 Å². The number of unbranched alkanes of at least 4 members (excludes halogenated alkanes) is 1. The lowest BCUT2D eigenvalue weighted by Crippen LogP contribution is -2.47. The quantitative estimate of drug-likeness (QED) is 0.497. The van der Waals surface area contributed by atoms with Gasteiger partial charge in [0.2, 0.25) is 0 Å². The van der Waals surface area contributed by atoms with Gasteiger partial charge in [0.1, 0.15) is 17.3 Å². The number of nitrogens with zero attached hydrogens (tertiary/aromatic N) is 4. The van der Waals surface area contributed by atoms with Gasteiger partial charge in [-0.15, -0.1) is 0 Å². The molecule has 0 aliphatic carbocycles. The lowest BCUT2D eigenvalue weighted by Gasteiger charge is -2.35. The van der Waals surface area contributed by atoms with Crippen molar-refractivity contribution in [2.75, 3.05) is 57.9 Å². The number of hydrogen-bond donors (Lipinski definition) is 0. The Hall–Kier alpha value is -3.13. The first-order valence-electron chi connectivity index (χ1n) is 10.7. The number of pyridine rings is 1. The number of fused-ring (bicyclic) bond motifs is 1. The number of ether oxygens (including phenoxy) is 2. The van der Waals surface area contributed by atoms with Gasteiger partial charge in [-0.25, -0.2) is 4.98 Å². The molecule has 2 amide bonds. The molecule has 0 N–H and O–H groups in total. The van der Waals surface area contributed by atoms with Crippen molar-refractivity contribution in [3.8, 4) is 11.5 Å². The molecule has 164 valence electrons. The molecular weight excluding hydrogens is 396 g/mol. The third kappa shape index (κ3) is 4.96. The summed E-state index contributed by atoms with van der Waals surface area (Å²) in [6.07, 6.45) is 3.52. The Labute approximate surface area is 182 Å². The molecule has 0 radical (unpaired) electrons. The fraction of sp³-hybridized carbons (Fsp3) is 0.435. The monoisotopic (exact) mass is 424 g/mol. The molecule has 1 fully saturated rings. The number of anilines is 1. The zero-order valence-electron chi connectivity index (χ0n) is 17.8. The van der Waals surface area contributed by atoms with Crippen molar-refractivity contribution in [2.24, 2.45) is 0 Å². The number of carbonyl (C=O) groups is 2. The predicted octanol–water partition coefficient (Wildman–Crippen LogP) is 2.05. The number of amides is 2. The van der Waals surface area contributed by atoms with Crippen molar-refractivity contribution in [1.29, 1.82) is 0 Å². The van der Waals surface area contributed by atoms with E-state index in [1.165, 1.54) is 4.90 Å². The standard InChI is InChI=1S/C23H28N4O4/c1-30-18-7-8-19-20(16-18)31-17-22(28)27(23(19)29)11-5-4-10-25-12-14-26(15-13-25)21-6-2-3-9-24-21/h2-3,6-9,16H,4-5,10-15,17H2,1H3. The third-order valence-electron chi connectivity index (χ3n) is 5.77. The lowest BCUT2D eigenvalue weighted by atomic mass is 10.1. The molecule has 1 aromatic heterocycles. The fourth-order valence-electron chi connectivity index (χ4n) is 3.97. The highest BCUT2D eigenvalue weighted by atomic mass is 16.5. The van der Waals surface area contributed by atoms with Crippen molar-refractivity contribution in [3.05, 3.63) is 48.2 Å². The molecule has 8 nitrogen and oxygen atoms in total. The topological polar surface area (TPSA) is 75.2 Å². The molecule has 2 aliphatic heterocycles. The van der Waals surface area contributed by atoms with Crippen LogP contribution in [0.5, 0.6) is 11.5 Å². The zero-order chi connectivity index (χ0) is 21.6. The van der Waals surface area contributed by atoms with Crippen molar-refractivity contribution >= 4 is 17.6 Å². The first kappa shape index (κ1) is 21.1. The molecule has 0 bridgehead atoms. The molecule has 4 rings (SSSR count). The Morgan fingerprint density at radius 3 is 2.58 bits per heavy atom. The van der Waals surface area contributed by atoms with Gasteiger partial charge in [-0.1, -0.05) is 6.07 Å². The van der Waals surface area contributed by atoms with E-state index < -0.39 is 0 Å². The summed E-state index contributed by atoms with van der Waals surface area (Å²) in [5.41, 5.74) is 0.400. The second-order valence-corrected chi connectivity index (χ2v) is 7.73. The molecule has 8 heteroatoms. The van der Waals surface area contributed by atoms with Crippen LogP contribution in [-0.4, -0.2) is 79.6 Å². The van der Waals surface area contributed by atoms with E-state index in [0.29, 0.717) is 23.6 Å². The molecule has 2 aromatic rings. The van der Waals surface area contributed by atoms with Crippen LogP contribution in [0.2, 0.25) is 0 Å². The smallest absolute Gasteiger partial charge is 0.267 e. The molecule has 0 atom stereocenters. The van der Waals surface area contributed by atoms with E-state index in [4.69, 9.17) is 9.47 Å². The summed E-state index contributed by atoms with van der Waals surface area (Å²) < 4.78 is 10.7. The average Bonchev–Trinajstić information content (AvgIpc) is 2.93. The van der Waals surface area contributed by atoms with Gasteiger partial charge >= 0.3 is 0 Å². The van der Waals surface area contributed by atoms with E-state index in [1.807, 2.05) is 24.4 Å². The zero-order valence-corrected chi connectivity index (χ0v) is 17.8. The molecule has 31 heavy (non-hydrogen) atoms. The summed E-state index contributed by atoms with van der Waals surface area (Å²) in [5.74, 6) is 1.41. The van der Waals surface area contributed by atoms with Gasteiger partial charge < -0.3 is 14.4 Å². The van der Waals surface area contributed by atoms with Crippen LogP contribution in [0.1, 0.15) is 23.2 Å². The molecule has 2 aliphatic rings. The number of rotatable bonds is 7. The first-order valence-corrected chi connectivity index (χ1v) is 10.7. The second kappa shape index (κ2) is 9.78. The summed E-state index contributed by atoms with van der Waals surface area (Å²) in [7, 11) is 1.55. The van der Waals surface area contributed by atoms with E-state index in [1.54, 1.807) is 25.3 Å². The van der Waals surface area contributed by atoms with E-state index in [0.717, 1.165) is 51.4 Å². The summed E-state index contributed by atoms with van der Waals surface area (Å²) in [6.45, 7) is 5.11. The Kier molecular flexibility index (Phi) is 6.66. The van der Waals surface area contributed by atoms with E-state index in [9.17, 15) is 9.59 Å². The molecule has 0 unspecified atom stereocenters. The number of benzene rings is 1. The maximum absolute atomic E-state index is 12.9. The number of methoxy groups -OCH3 is 1. The average molecular weight is 425 g/mol. The Morgan fingerprint density at radius 2 is 1.84 bits per heavy atom. The van der Waals surface area contributed by atoms with Crippen molar-refractivity contribution < 1.29 is 19.1 Å². The molecule has 0 saturated carbocycles. The number of imide groups is 1. The van der Waals surface area contributed by atoms with Crippen LogP contribution in [0.15, 0.2) is 42.6 Å². The molecule has 0 spiro atoms. The van der Waals surface area contributed by atoms with Crippen LogP contribution in [0, 0.1) is 0 Å². The number of aromatic nitrogens is 1. The van der Waals surface area contributed by atoms with Crippen molar-refractivity contribution in [1.82, 2.24) is 14.8 Å². The highest BCUT2D eigenvalue weighted by Gasteiger charge is 2.29. The number of hydrogen-bond acceptors (Lipinski definition) is 7. The van der Waals surface area contributed by atoms with Crippen LogP contribution in [0.4, 0.5) is 5.82 Å². The summed E-state index contributed by atoms with van der Waals surface area (Å²) in [4.78, 5) is 35.8. The van der Waals surface area contributed by atoms with Crippen LogP contribution < -0.4 is 14.4 Å². The highest BCUT2D eigenvalue weighted by molar-refractivity contribution is 6.07. The van der Waals surface area contributed by atoms with Crippen LogP contribution in [0.3, 0.4) is 0 Å². The van der Waals surface area contributed by atoms with Crippen LogP contribution in [-0.2, 0) is 4.79 Å². The van der Waals surface area contributed by atoms with E-state index in [2.05, 4.69) is 14.8 Å². The number of piperazine rings is 1. The summed E-state index contributed by atoms with van der Waals surface area (Å²) in [5, 5.41) is 0. The molecule has 1 aromatic carbocycles. The maximum Gasteiger partial charge on any atom is 0.267 e. The fourth-order valence-corrected chi connectivity index (χ4v) is 3.97. The predicted molar refractivity (Wildman–Crippen MR) is 117 cm³/mol. The number of carbonyl (C=O) groups excluding carboxylic acids is 2. The van der Waals surface area contributed by atoms with Gasteiger partial charge in [-0.2, -0.15) is 0 Å². The Morgan fingerprint density at radius 1 is 1.03 bits per heavy atom. The largest absolute Gasteiger partial charge is 0.497 e. The minimum atomic E-state index is -0.302. The SMILES string of the molecule is COc1ccc2c(c1)OCC(=O)N(CCCCN1CCN(c3ccccn3)CC1)C2=O. The van der Waals surface area contributed by atoms with Gasteiger partial charge in [0.05, 0.1) is 12.7 Å². The first-order chi connectivity index (χ1) is 15.2. The van der Waals surface area contributed by atoms with Crippen molar-refractivity contribution in [3.63, 3.8) is 0 Å². The normalized spacial score (nSPS) is 17.2. The van der Waals surface area contributed by atoms with Gasteiger partial charge in [0.25, 0.3) is 11.8 Å². The molecular formula is C23H28N4O4. The Balaban J connectivity index is 1.25. The van der Waals surface area contributed by atoms with Crippen LogP contribution >= 0.6 is 0 Å². The molecule has 3 heterocycles.